The fraction of sp³-hybridized carbons (Fsp3) is 0.333. The summed E-state index contributed by atoms with van der Waals surface area (Å²) in [4.78, 5) is 11.7. The lowest BCUT2D eigenvalue weighted by molar-refractivity contribution is -0.156. The molecule has 22 heavy (non-hydrogen) atoms. The van der Waals surface area contributed by atoms with E-state index in [4.69, 9.17) is 0 Å². The van der Waals surface area contributed by atoms with Crippen molar-refractivity contribution in [1.82, 2.24) is 5.16 Å². The van der Waals surface area contributed by atoms with E-state index < -0.39 is 23.5 Å². The Bertz CT molecular complexity index is 606. The summed E-state index contributed by atoms with van der Waals surface area (Å²) in [5.41, 5.74) is -0.545. The molecule has 0 aliphatic heterocycles. The minimum absolute atomic E-state index is 0.0461. The van der Waals surface area contributed by atoms with Gasteiger partial charge in [0.15, 0.2) is 0 Å². The van der Waals surface area contributed by atoms with Gasteiger partial charge in [0, 0.05) is 5.56 Å². The molecule has 0 bridgehead atoms. The maximum atomic E-state index is 12.8. The largest absolute Gasteiger partial charge is 0.462 e. The van der Waals surface area contributed by atoms with Gasteiger partial charge in [0.05, 0.1) is 6.61 Å². The number of ether oxygens (including phenoxy) is 1. The zero-order valence-electron chi connectivity index (χ0n) is 12.4. The first-order chi connectivity index (χ1) is 10.4. The van der Waals surface area contributed by atoms with Crippen LogP contribution < -0.4 is 0 Å². The van der Waals surface area contributed by atoms with E-state index in [2.05, 4.69) is 14.4 Å². The predicted octanol–water partition coefficient (Wildman–Crippen LogP) is 4.56. The lowest BCUT2D eigenvalue weighted by Crippen LogP contribution is -2.13. The standard InChI is InChI=1S/C13H10F3NO3.C2H6/c1-2-19-12(18)9-10(8-6-4-3-5-7-8)17-20-11(9)13(14,15)16;1-2/h3-7H,2H2,1H3;1-2H3. The van der Waals surface area contributed by atoms with Gasteiger partial charge in [0.2, 0.25) is 0 Å². The molecule has 1 aromatic heterocycles. The summed E-state index contributed by atoms with van der Waals surface area (Å²) in [6.45, 7) is 5.45. The second-order valence-corrected chi connectivity index (χ2v) is 3.82. The third kappa shape index (κ3) is 3.87. The summed E-state index contributed by atoms with van der Waals surface area (Å²) in [6, 6.07) is 7.98. The summed E-state index contributed by atoms with van der Waals surface area (Å²) < 4.78 is 47.5. The number of aromatic nitrogens is 1. The fourth-order valence-electron chi connectivity index (χ4n) is 1.67. The average Bonchev–Trinajstić information content (AvgIpc) is 2.95. The van der Waals surface area contributed by atoms with Crippen LogP contribution in [0.25, 0.3) is 11.3 Å². The van der Waals surface area contributed by atoms with Gasteiger partial charge in [0.1, 0.15) is 11.3 Å². The molecule has 0 atom stereocenters. The molecule has 0 N–H and O–H groups in total. The number of carbonyl (C=O) groups excluding carboxylic acids is 1. The molecule has 4 nitrogen and oxygen atoms in total. The Morgan fingerprint density at radius 1 is 1.23 bits per heavy atom. The van der Waals surface area contributed by atoms with Crippen LogP contribution in [-0.2, 0) is 10.9 Å². The second kappa shape index (κ2) is 7.63. The Balaban J connectivity index is 0.00000116. The summed E-state index contributed by atoms with van der Waals surface area (Å²) >= 11 is 0. The van der Waals surface area contributed by atoms with Crippen molar-refractivity contribution in [2.45, 2.75) is 26.9 Å². The Morgan fingerprint density at radius 3 is 2.32 bits per heavy atom. The lowest BCUT2D eigenvalue weighted by atomic mass is 10.1. The van der Waals surface area contributed by atoms with E-state index in [0.29, 0.717) is 5.56 Å². The zero-order chi connectivity index (χ0) is 16.8. The summed E-state index contributed by atoms with van der Waals surface area (Å²) in [5, 5.41) is 3.36. The van der Waals surface area contributed by atoms with Crippen molar-refractivity contribution in [3.63, 3.8) is 0 Å². The van der Waals surface area contributed by atoms with Gasteiger partial charge in [-0.2, -0.15) is 13.2 Å². The van der Waals surface area contributed by atoms with E-state index in [1.165, 1.54) is 19.1 Å². The maximum absolute atomic E-state index is 12.8. The number of hydrogen-bond acceptors (Lipinski definition) is 4. The van der Waals surface area contributed by atoms with Gasteiger partial charge >= 0.3 is 12.1 Å². The van der Waals surface area contributed by atoms with Crippen molar-refractivity contribution in [2.75, 3.05) is 6.61 Å². The quantitative estimate of drug-likeness (QED) is 0.779. The molecule has 7 heteroatoms. The molecule has 1 heterocycles. The molecule has 0 aliphatic rings. The van der Waals surface area contributed by atoms with E-state index in [1.54, 1.807) is 18.2 Å². The van der Waals surface area contributed by atoms with Crippen LogP contribution in [0, 0.1) is 0 Å². The lowest BCUT2D eigenvalue weighted by Gasteiger charge is -2.06. The molecule has 2 aromatic rings. The van der Waals surface area contributed by atoms with Gasteiger partial charge in [-0.3, -0.25) is 0 Å². The van der Waals surface area contributed by atoms with E-state index in [9.17, 15) is 18.0 Å². The third-order valence-electron chi connectivity index (χ3n) is 2.48. The van der Waals surface area contributed by atoms with Gasteiger partial charge in [-0.25, -0.2) is 4.79 Å². The average molecular weight is 315 g/mol. The van der Waals surface area contributed by atoms with Crippen LogP contribution in [0.1, 0.15) is 36.9 Å². The minimum atomic E-state index is -4.82. The third-order valence-corrected chi connectivity index (χ3v) is 2.48. The van der Waals surface area contributed by atoms with E-state index >= 15 is 0 Å². The van der Waals surface area contributed by atoms with E-state index in [0.717, 1.165) is 0 Å². The molecule has 0 saturated heterocycles. The number of rotatable bonds is 3. The SMILES string of the molecule is CC.CCOC(=O)c1c(-c2ccccc2)noc1C(F)(F)F. The molecule has 0 aliphatic carbocycles. The number of halogens is 3. The summed E-state index contributed by atoms with van der Waals surface area (Å²) in [7, 11) is 0. The van der Waals surface area contributed by atoms with Crippen molar-refractivity contribution in [2.24, 2.45) is 0 Å². The van der Waals surface area contributed by atoms with E-state index in [1.807, 2.05) is 13.8 Å². The highest BCUT2D eigenvalue weighted by Gasteiger charge is 2.43. The first-order valence-corrected chi connectivity index (χ1v) is 6.74. The molecule has 1 aromatic carbocycles. The van der Waals surface area contributed by atoms with Crippen LogP contribution >= 0.6 is 0 Å². The Kier molecular flexibility index (Phi) is 6.15. The molecular weight excluding hydrogens is 299 g/mol. The monoisotopic (exact) mass is 315 g/mol. The highest BCUT2D eigenvalue weighted by atomic mass is 19.4. The number of nitrogens with zero attached hydrogens (tertiary/aromatic N) is 1. The molecule has 0 fully saturated rings. The smallest absolute Gasteiger partial charge is 0.453 e. The van der Waals surface area contributed by atoms with Crippen molar-refractivity contribution in [3.8, 4) is 11.3 Å². The zero-order valence-corrected chi connectivity index (χ0v) is 12.4. The van der Waals surface area contributed by atoms with Crippen LogP contribution in [-0.4, -0.2) is 17.7 Å². The second-order valence-electron chi connectivity index (χ2n) is 3.82. The Morgan fingerprint density at radius 2 is 1.82 bits per heavy atom. The van der Waals surface area contributed by atoms with Crippen molar-refractivity contribution >= 4 is 5.97 Å². The molecule has 0 radical (unpaired) electrons. The van der Waals surface area contributed by atoms with Gasteiger partial charge in [-0.15, -0.1) is 0 Å². The molecule has 0 unspecified atom stereocenters. The first kappa shape index (κ1) is 17.7. The van der Waals surface area contributed by atoms with Crippen LogP contribution in [0.5, 0.6) is 0 Å². The van der Waals surface area contributed by atoms with Gasteiger partial charge in [-0.05, 0) is 6.92 Å². The molecule has 0 spiro atoms. The van der Waals surface area contributed by atoms with Gasteiger partial charge < -0.3 is 9.26 Å². The van der Waals surface area contributed by atoms with Gasteiger partial charge in [0.25, 0.3) is 5.76 Å². The molecular formula is C15H16F3NO3. The topological polar surface area (TPSA) is 52.3 Å². The molecule has 120 valence electrons. The summed E-state index contributed by atoms with van der Waals surface area (Å²) in [5.74, 6) is -2.56. The molecule has 0 saturated carbocycles. The summed E-state index contributed by atoms with van der Waals surface area (Å²) in [6.07, 6.45) is -4.82. The first-order valence-electron chi connectivity index (χ1n) is 6.74. The van der Waals surface area contributed by atoms with Crippen molar-refractivity contribution in [1.29, 1.82) is 0 Å². The van der Waals surface area contributed by atoms with Crippen LogP contribution in [0.15, 0.2) is 34.9 Å². The number of esters is 1. The number of hydrogen-bond donors (Lipinski definition) is 0. The van der Waals surface area contributed by atoms with Gasteiger partial charge in [-0.1, -0.05) is 49.3 Å². The highest BCUT2D eigenvalue weighted by molar-refractivity contribution is 5.97. The Hall–Kier alpha value is -2.31. The number of alkyl halides is 3. The number of carbonyl (C=O) groups is 1. The Labute approximate surface area is 125 Å². The van der Waals surface area contributed by atoms with Crippen molar-refractivity contribution < 1.29 is 27.2 Å². The van der Waals surface area contributed by atoms with Crippen LogP contribution in [0.3, 0.4) is 0 Å². The van der Waals surface area contributed by atoms with E-state index in [-0.39, 0.29) is 12.3 Å². The van der Waals surface area contributed by atoms with Crippen LogP contribution in [0.4, 0.5) is 13.2 Å². The molecule has 0 amide bonds. The van der Waals surface area contributed by atoms with Crippen LogP contribution in [0.2, 0.25) is 0 Å². The van der Waals surface area contributed by atoms with Crippen molar-refractivity contribution in [3.05, 3.63) is 41.7 Å². The highest BCUT2D eigenvalue weighted by Crippen LogP contribution is 2.37. The predicted molar refractivity (Wildman–Crippen MR) is 74.2 cm³/mol. The fourth-order valence-corrected chi connectivity index (χ4v) is 1.67. The minimum Gasteiger partial charge on any atom is -0.462 e. The normalized spacial score (nSPS) is 10.6. The molecule has 2 rings (SSSR count). The maximum Gasteiger partial charge on any atom is 0.453 e. The number of benzene rings is 1.